The number of benzene rings is 1. The molecule has 1 N–H and O–H groups in total. The minimum absolute atomic E-state index is 0.0370. The molecule has 0 aliphatic rings. The molecule has 1 rings (SSSR count). The van der Waals surface area contributed by atoms with Crippen molar-refractivity contribution in [2.45, 2.75) is 53.8 Å². The van der Waals surface area contributed by atoms with Gasteiger partial charge in [-0.2, -0.15) is 5.26 Å². The SMILES string of the molecule is CCCC.CCOC(C)OCC.N#C/C=C(\NCC=O)c1ccccc1Cl. The topological polar surface area (TPSA) is 71.3 Å². The summed E-state index contributed by atoms with van der Waals surface area (Å²) in [5, 5.41) is 11.9. The fourth-order valence-corrected chi connectivity index (χ4v) is 1.87. The highest BCUT2D eigenvalue weighted by Crippen LogP contribution is 2.21. The second-order valence-corrected chi connectivity index (χ2v) is 5.60. The molecule has 0 bridgehead atoms. The number of nitriles is 1. The Kier molecular flexibility index (Phi) is 20.7. The summed E-state index contributed by atoms with van der Waals surface area (Å²) in [5.41, 5.74) is 1.26. The molecular formula is C21H33ClN2O3. The molecule has 0 aliphatic carbocycles. The number of aldehydes is 1. The van der Waals surface area contributed by atoms with Gasteiger partial charge in [0.15, 0.2) is 6.29 Å². The molecule has 0 saturated heterocycles. The van der Waals surface area contributed by atoms with Crippen molar-refractivity contribution in [2.24, 2.45) is 0 Å². The lowest BCUT2D eigenvalue weighted by atomic mass is 10.1. The molecule has 0 saturated carbocycles. The van der Waals surface area contributed by atoms with Crippen LogP contribution in [-0.2, 0) is 14.3 Å². The molecule has 1 aromatic rings. The summed E-state index contributed by atoms with van der Waals surface area (Å²) >= 11 is 5.96. The van der Waals surface area contributed by atoms with Gasteiger partial charge in [0.05, 0.1) is 18.3 Å². The largest absolute Gasteiger partial charge is 0.377 e. The van der Waals surface area contributed by atoms with Crippen LogP contribution in [0.3, 0.4) is 0 Å². The molecule has 0 spiro atoms. The van der Waals surface area contributed by atoms with Gasteiger partial charge >= 0.3 is 0 Å². The number of rotatable bonds is 9. The van der Waals surface area contributed by atoms with E-state index in [0.29, 0.717) is 16.3 Å². The minimum atomic E-state index is -0.0370. The van der Waals surface area contributed by atoms with E-state index in [1.54, 1.807) is 18.2 Å². The molecule has 0 aliphatic heterocycles. The molecule has 27 heavy (non-hydrogen) atoms. The van der Waals surface area contributed by atoms with Gasteiger partial charge in [0, 0.05) is 29.9 Å². The first kappa shape index (κ1) is 27.3. The summed E-state index contributed by atoms with van der Waals surface area (Å²) in [4.78, 5) is 10.2. The molecule has 0 amide bonds. The van der Waals surface area contributed by atoms with E-state index >= 15 is 0 Å². The lowest BCUT2D eigenvalue weighted by Crippen LogP contribution is -2.14. The summed E-state index contributed by atoms with van der Waals surface area (Å²) in [5.74, 6) is 0. The predicted molar refractivity (Wildman–Crippen MR) is 112 cm³/mol. The van der Waals surface area contributed by atoms with Gasteiger partial charge < -0.3 is 19.6 Å². The highest BCUT2D eigenvalue weighted by Gasteiger charge is 2.04. The van der Waals surface area contributed by atoms with Crippen molar-refractivity contribution in [2.75, 3.05) is 19.8 Å². The van der Waals surface area contributed by atoms with Gasteiger partial charge in [-0.05, 0) is 26.8 Å². The first-order chi connectivity index (χ1) is 13.0. The first-order valence-electron chi connectivity index (χ1n) is 9.27. The van der Waals surface area contributed by atoms with E-state index in [9.17, 15) is 4.79 Å². The third kappa shape index (κ3) is 16.1. The smallest absolute Gasteiger partial charge is 0.154 e. The van der Waals surface area contributed by atoms with Gasteiger partial charge in [-0.25, -0.2) is 0 Å². The normalized spacial score (nSPS) is 10.1. The lowest BCUT2D eigenvalue weighted by Gasteiger charge is -2.09. The van der Waals surface area contributed by atoms with E-state index in [0.717, 1.165) is 19.5 Å². The standard InChI is InChI=1S/C11H9ClN2O.C6H14O2.C4H10/c12-10-4-2-1-3-9(10)11(5-6-13)14-7-8-15;1-4-7-6(3)8-5-2;1-3-4-2/h1-5,8,14H,7H2;6H,4-5H2,1-3H3;3-4H2,1-2H3/b11-5-;;. The van der Waals surface area contributed by atoms with Gasteiger partial charge in [-0.15, -0.1) is 0 Å². The van der Waals surface area contributed by atoms with Crippen molar-refractivity contribution in [1.82, 2.24) is 5.32 Å². The lowest BCUT2D eigenvalue weighted by molar-refractivity contribution is -0.123. The Morgan fingerprint density at radius 3 is 2.15 bits per heavy atom. The predicted octanol–water partition coefficient (Wildman–Crippen LogP) is 5.20. The quantitative estimate of drug-likeness (QED) is 0.352. The zero-order valence-corrected chi connectivity index (χ0v) is 17.9. The van der Waals surface area contributed by atoms with Crippen LogP contribution in [0.4, 0.5) is 0 Å². The van der Waals surface area contributed by atoms with E-state index in [4.69, 9.17) is 26.3 Å². The maximum Gasteiger partial charge on any atom is 0.154 e. The van der Waals surface area contributed by atoms with Gasteiger partial charge in [-0.3, -0.25) is 0 Å². The number of nitrogens with zero attached hydrogens (tertiary/aromatic N) is 1. The Morgan fingerprint density at radius 2 is 1.74 bits per heavy atom. The van der Waals surface area contributed by atoms with Crippen molar-refractivity contribution in [3.63, 3.8) is 0 Å². The molecule has 0 unspecified atom stereocenters. The van der Waals surface area contributed by atoms with Crippen molar-refractivity contribution in [3.05, 3.63) is 40.9 Å². The average Bonchev–Trinajstić information content (AvgIpc) is 2.67. The molecule has 6 heteroatoms. The van der Waals surface area contributed by atoms with Crippen LogP contribution in [0.5, 0.6) is 0 Å². The van der Waals surface area contributed by atoms with Gasteiger partial charge in [0.25, 0.3) is 0 Å². The fraction of sp³-hybridized carbons (Fsp3) is 0.524. The number of hydrogen-bond donors (Lipinski definition) is 1. The Bertz CT molecular complexity index is 549. The molecule has 5 nitrogen and oxygen atoms in total. The van der Waals surface area contributed by atoms with Gasteiger partial charge in [0.2, 0.25) is 0 Å². The van der Waals surface area contributed by atoms with Crippen LogP contribution in [0.1, 0.15) is 53.0 Å². The molecular weight excluding hydrogens is 364 g/mol. The van der Waals surface area contributed by atoms with Crippen molar-refractivity contribution >= 4 is 23.6 Å². The molecule has 0 radical (unpaired) electrons. The molecule has 0 aromatic heterocycles. The van der Waals surface area contributed by atoms with Crippen molar-refractivity contribution in [3.8, 4) is 6.07 Å². The third-order valence-electron chi connectivity index (χ3n) is 3.05. The van der Waals surface area contributed by atoms with Crippen LogP contribution in [-0.4, -0.2) is 32.3 Å². The van der Waals surface area contributed by atoms with E-state index in [-0.39, 0.29) is 12.8 Å². The Labute approximate surface area is 169 Å². The highest BCUT2D eigenvalue weighted by molar-refractivity contribution is 6.32. The maximum atomic E-state index is 10.2. The molecule has 0 heterocycles. The molecule has 1 aromatic carbocycles. The number of unbranched alkanes of at least 4 members (excludes halogenated alkanes) is 1. The second kappa shape index (κ2) is 20.4. The fourth-order valence-electron chi connectivity index (χ4n) is 1.64. The van der Waals surface area contributed by atoms with E-state index in [1.807, 2.05) is 32.9 Å². The summed E-state index contributed by atoms with van der Waals surface area (Å²) in [6.07, 6.45) is 4.65. The number of carbonyl (C=O) groups excluding carboxylic acids is 1. The van der Waals surface area contributed by atoms with E-state index in [1.165, 1.54) is 18.9 Å². The van der Waals surface area contributed by atoms with Crippen molar-refractivity contribution < 1.29 is 14.3 Å². The highest BCUT2D eigenvalue weighted by atomic mass is 35.5. The van der Waals surface area contributed by atoms with Crippen LogP contribution in [0, 0.1) is 11.3 Å². The molecule has 0 atom stereocenters. The number of halogens is 1. The molecule has 0 fully saturated rings. The number of nitrogens with one attached hydrogen (secondary N) is 1. The maximum absolute atomic E-state index is 10.2. The number of allylic oxidation sites excluding steroid dienone is 1. The van der Waals surface area contributed by atoms with Crippen LogP contribution in [0.25, 0.3) is 5.70 Å². The summed E-state index contributed by atoms with van der Waals surface area (Å²) in [7, 11) is 0. The summed E-state index contributed by atoms with van der Waals surface area (Å²) in [6, 6.07) is 9.03. The zero-order valence-electron chi connectivity index (χ0n) is 17.1. The molecule has 152 valence electrons. The Morgan fingerprint density at radius 1 is 1.19 bits per heavy atom. The van der Waals surface area contributed by atoms with Crippen LogP contribution < -0.4 is 5.32 Å². The second-order valence-electron chi connectivity index (χ2n) is 5.19. The van der Waals surface area contributed by atoms with Crippen LogP contribution in [0.15, 0.2) is 30.3 Å². The van der Waals surface area contributed by atoms with Crippen LogP contribution >= 0.6 is 11.6 Å². The average molecular weight is 397 g/mol. The summed E-state index contributed by atoms with van der Waals surface area (Å²) < 4.78 is 10.1. The van der Waals surface area contributed by atoms with E-state index in [2.05, 4.69) is 19.2 Å². The monoisotopic (exact) mass is 396 g/mol. The third-order valence-corrected chi connectivity index (χ3v) is 3.38. The zero-order chi connectivity index (χ0) is 20.9. The number of hydrogen-bond acceptors (Lipinski definition) is 5. The van der Waals surface area contributed by atoms with E-state index < -0.39 is 0 Å². The van der Waals surface area contributed by atoms with Gasteiger partial charge in [-0.1, -0.05) is 56.5 Å². The summed E-state index contributed by atoms with van der Waals surface area (Å²) in [6.45, 7) is 11.8. The number of carbonyl (C=O) groups is 1. The minimum Gasteiger partial charge on any atom is -0.377 e. The Balaban J connectivity index is 0. The van der Waals surface area contributed by atoms with Crippen molar-refractivity contribution in [1.29, 1.82) is 5.26 Å². The Hall–Kier alpha value is -1.87. The number of ether oxygens (including phenoxy) is 2. The van der Waals surface area contributed by atoms with Crippen LogP contribution in [0.2, 0.25) is 5.02 Å². The first-order valence-corrected chi connectivity index (χ1v) is 9.65. The van der Waals surface area contributed by atoms with Gasteiger partial charge in [0.1, 0.15) is 6.29 Å².